The number of nitrogens with two attached hydrogens (primary N) is 1. The van der Waals surface area contributed by atoms with E-state index in [9.17, 15) is 14.4 Å². The van der Waals surface area contributed by atoms with Gasteiger partial charge in [0.05, 0.1) is 6.42 Å². The van der Waals surface area contributed by atoms with Crippen LogP contribution in [0.2, 0.25) is 0 Å². The molecule has 0 aromatic rings. The van der Waals surface area contributed by atoms with Gasteiger partial charge in [0.25, 0.3) is 0 Å². The van der Waals surface area contributed by atoms with Gasteiger partial charge in [0.2, 0.25) is 0 Å². The van der Waals surface area contributed by atoms with Gasteiger partial charge in [-0.3, -0.25) is 14.4 Å². The zero-order valence-corrected chi connectivity index (χ0v) is 24.7. The second kappa shape index (κ2) is 11.7. The number of carbonyl (C=O) groups excluding carboxylic acids is 1. The SMILES string of the molecule is CC12CC[C@@H](OC(=O)[C@@H](N)CC(=O)O)CC1CCC1C2CCC2(C)C1CCC2[C@H](I)CCCCC(=O)O. The number of aliphatic carboxylic acids is 2. The summed E-state index contributed by atoms with van der Waals surface area (Å²) in [5, 5.41) is 17.9. The number of carboxylic acid groups (broad SMARTS) is 2. The first-order chi connectivity index (χ1) is 17.5. The molecule has 8 heteroatoms. The maximum Gasteiger partial charge on any atom is 0.323 e. The Labute approximate surface area is 235 Å². The molecule has 4 rings (SSSR count). The first-order valence-electron chi connectivity index (χ1n) is 14.5. The smallest absolute Gasteiger partial charge is 0.323 e. The Morgan fingerprint density at radius 1 is 0.946 bits per heavy atom. The zero-order valence-electron chi connectivity index (χ0n) is 22.5. The Hall–Kier alpha value is -0.900. The van der Waals surface area contributed by atoms with Crippen molar-refractivity contribution < 1.29 is 29.3 Å². The fraction of sp³-hybridized carbons (Fsp3) is 0.897. The van der Waals surface area contributed by atoms with Crippen molar-refractivity contribution in [2.24, 2.45) is 46.2 Å². The molecule has 0 spiro atoms. The van der Waals surface area contributed by atoms with Crippen LogP contribution < -0.4 is 5.73 Å². The highest BCUT2D eigenvalue weighted by molar-refractivity contribution is 14.1. The van der Waals surface area contributed by atoms with Crippen molar-refractivity contribution >= 4 is 40.5 Å². The number of esters is 1. The minimum Gasteiger partial charge on any atom is -0.481 e. The third-order valence-corrected chi connectivity index (χ3v) is 12.7. The quantitative estimate of drug-likeness (QED) is 0.120. The fourth-order valence-electron chi connectivity index (χ4n) is 9.30. The van der Waals surface area contributed by atoms with Crippen LogP contribution in [0.1, 0.15) is 104 Å². The number of carbonyl (C=O) groups is 3. The number of halogens is 1. The second-order valence-electron chi connectivity index (χ2n) is 13.1. The van der Waals surface area contributed by atoms with E-state index in [2.05, 4.69) is 36.4 Å². The number of carboxylic acids is 2. The first-order valence-corrected chi connectivity index (χ1v) is 15.7. The van der Waals surface area contributed by atoms with Crippen molar-refractivity contribution in [3.8, 4) is 0 Å². The van der Waals surface area contributed by atoms with Crippen LogP contribution in [0.15, 0.2) is 0 Å². The molecule has 4 N–H and O–H groups in total. The van der Waals surface area contributed by atoms with Gasteiger partial charge in [0.15, 0.2) is 0 Å². The van der Waals surface area contributed by atoms with Crippen LogP contribution in [-0.4, -0.2) is 44.2 Å². The summed E-state index contributed by atoms with van der Waals surface area (Å²) in [6, 6.07) is -1.09. The molecule has 0 aromatic heterocycles. The van der Waals surface area contributed by atoms with Crippen molar-refractivity contribution in [2.45, 2.75) is 120 Å². The van der Waals surface area contributed by atoms with Crippen molar-refractivity contribution in [1.29, 1.82) is 0 Å². The molecule has 4 fully saturated rings. The Balaban J connectivity index is 1.36. The van der Waals surface area contributed by atoms with E-state index in [4.69, 9.17) is 20.7 Å². The maximum absolute atomic E-state index is 12.3. The molecule has 0 saturated heterocycles. The maximum atomic E-state index is 12.3. The standard InChI is InChI=1S/C29H46INO6/c1-28-13-11-18(37-27(36)24(31)16-26(34)35)15-17(28)7-8-19-20-9-10-22(29(20,2)14-12-21(19)28)23(30)5-3-4-6-25(32)33/h17-24H,3-16,31H2,1-2H3,(H,32,33)(H,34,35)/t17?,18-,19?,20?,21?,22?,23-,24+,28?,29?/m1/s1. The highest BCUT2D eigenvalue weighted by Gasteiger charge is 2.61. The molecule has 7 nitrogen and oxygen atoms in total. The normalized spacial score (nSPS) is 40.5. The van der Waals surface area contributed by atoms with Crippen LogP contribution in [0, 0.1) is 40.4 Å². The highest BCUT2D eigenvalue weighted by Crippen LogP contribution is 2.68. The number of hydrogen-bond donors (Lipinski definition) is 3. The van der Waals surface area contributed by atoms with Crippen LogP contribution in [0.5, 0.6) is 0 Å². The predicted octanol–water partition coefficient (Wildman–Crippen LogP) is 5.81. The molecule has 210 valence electrons. The number of hydrogen-bond acceptors (Lipinski definition) is 5. The van der Waals surface area contributed by atoms with Crippen LogP contribution in [-0.2, 0) is 19.1 Å². The lowest BCUT2D eigenvalue weighted by Gasteiger charge is -2.61. The lowest BCUT2D eigenvalue weighted by molar-refractivity contribution is -0.165. The summed E-state index contributed by atoms with van der Waals surface area (Å²) < 4.78 is 6.33. The van der Waals surface area contributed by atoms with Gasteiger partial charge in [-0.25, -0.2) is 0 Å². The molecule has 0 radical (unpaired) electrons. The largest absolute Gasteiger partial charge is 0.481 e. The van der Waals surface area contributed by atoms with Gasteiger partial charge < -0.3 is 20.7 Å². The Kier molecular flexibility index (Phi) is 9.19. The summed E-state index contributed by atoms with van der Waals surface area (Å²) in [5.74, 6) is 1.24. The number of rotatable bonds is 10. The van der Waals surface area contributed by atoms with E-state index < -0.39 is 30.4 Å². The number of unbranched alkanes of at least 4 members (excludes halogenated alkanes) is 1. The summed E-state index contributed by atoms with van der Waals surface area (Å²) in [6.07, 6.45) is 13.1. The summed E-state index contributed by atoms with van der Waals surface area (Å²) in [6.45, 7) is 5.07. The first kappa shape index (κ1) is 29.1. The van der Waals surface area contributed by atoms with Gasteiger partial charge in [-0.15, -0.1) is 0 Å². The van der Waals surface area contributed by atoms with Gasteiger partial charge in [-0.1, -0.05) is 42.9 Å². The lowest BCUT2D eigenvalue weighted by atomic mass is 9.44. The van der Waals surface area contributed by atoms with Gasteiger partial charge >= 0.3 is 17.9 Å². The van der Waals surface area contributed by atoms with E-state index in [0.29, 0.717) is 15.3 Å². The van der Waals surface area contributed by atoms with Crippen LogP contribution in [0.4, 0.5) is 0 Å². The second-order valence-corrected chi connectivity index (χ2v) is 14.7. The van der Waals surface area contributed by atoms with E-state index in [1.54, 1.807) is 0 Å². The average Bonchev–Trinajstić information content (AvgIpc) is 3.18. The Morgan fingerprint density at radius 2 is 1.65 bits per heavy atom. The third kappa shape index (κ3) is 5.99. The molecule has 0 amide bonds. The van der Waals surface area contributed by atoms with Crippen LogP contribution in [0.3, 0.4) is 0 Å². The topological polar surface area (TPSA) is 127 Å². The molecule has 4 saturated carbocycles. The van der Waals surface area contributed by atoms with Crippen molar-refractivity contribution in [3.05, 3.63) is 0 Å². The molecular weight excluding hydrogens is 585 g/mol. The zero-order chi connectivity index (χ0) is 27.0. The highest BCUT2D eigenvalue weighted by atomic mass is 127. The van der Waals surface area contributed by atoms with E-state index in [-0.39, 0.29) is 17.9 Å². The molecular formula is C29H46INO6. The number of fused-ring (bicyclic) bond motifs is 5. The Morgan fingerprint density at radius 3 is 2.35 bits per heavy atom. The van der Waals surface area contributed by atoms with Gasteiger partial charge in [0, 0.05) is 10.3 Å². The molecule has 0 aromatic carbocycles. The van der Waals surface area contributed by atoms with Gasteiger partial charge in [-0.05, 0) is 111 Å². The third-order valence-electron chi connectivity index (χ3n) is 11.2. The predicted molar refractivity (Wildman–Crippen MR) is 149 cm³/mol. The molecule has 4 aliphatic rings. The van der Waals surface area contributed by atoms with Crippen LogP contribution in [0.25, 0.3) is 0 Å². The molecule has 4 aliphatic carbocycles. The molecule has 0 bridgehead atoms. The molecule has 7 unspecified atom stereocenters. The lowest BCUT2D eigenvalue weighted by Crippen LogP contribution is -2.54. The van der Waals surface area contributed by atoms with E-state index in [1.807, 2.05) is 0 Å². The minimum atomic E-state index is -1.09. The molecule has 0 heterocycles. The average molecular weight is 632 g/mol. The fourth-order valence-corrected chi connectivity index (χ4v) is 10.9. The van der Waals surface area contributed by atoms with Gasteiger partial charge in [0.1, 0.15) is 12.1 Å². The number of ether oxygens (including phenoxy) is 1. The molecule has 10 atom stereocenters. The van der Waals surface area contributed by atoms with Crippen LogP contribution >= 0.6 is 22.6 Å². The monoisotopic (exact) mass is 631 g/mol. The molecule has 0 aliphatic heterocycles. The van der Waals surface area contributed by atoms with Crippen molar-refractivity contribution in [1.82, 2.24) is 0 Å². The molecule has 37 heavy (non-hydrogen) atoms. The summed E-state index contributed by atoms with van der Waals surface area (Å²) in [7, 11) is 0. The summed E-state index contributed by atoms with van der Waals surface area (Å²) in [4.78, 5) is 34.1. The minimum absolute atomic E-state index is 0.146. The van der Waals surface area contributed by atoms with E-state index in [0.717, 1.165) is 62.2 Å². The Bertz CT molecular complexity index is 867. The summed E-state index contributed by atoms with van der Waals surface area (Å²) in [5.41, 5.74) is 6.43. The van der Waals surface area contributed by atoms with Crippen molar-refractivity contribution in [3.63, 3.8) is 0 Å². The van der Waals surface area contributed by atoms with Gasteiger partial charge in [-0.2, -0.15) is 0 Å². The summed E-state index contributed by atoms with van der Waals surface area (Å²) >= 11 is 2.67. The van der Waals surface area contributed by atoms with Crippen molar-refractivity contribution in [2.75, 3.05) is 0 Å². The van der Waals surface area contributed by atoms with E-state index >= 15 is 0 Å². The van der Waals surface area contributed by atoms with E-state index in [1.165, 1.54) is 38.5 Å². The number of alkyl halides is 1.